The largest absolute Gasteiger partial charge is 0.330 e. The zero-order chi connectivity index (χ0) is 12.5. The summed E-state index contributed by atoms with van der Waals surface area (Å²) in [6.45, 7) is 4.74. The first-order valence-electron chi connectivity index (χ1n) is 6.59. The van der Waals surface area contributed by atoms with Crippen molar-refractivity contribution >= 4 is 0 Å². The monoisotopic (exact) mass is 235 g/mol. The maximum Gasteiger partial charge on any atom is 0.126 e. The van der Waals surface area contributed by atoms with Crippen molar-refractivity contribution in [2.24, 2.45) is 5.73 Å². The molecule has 1 saturated carbocycles. The van der Waals surface area contributed by atoms with E-state index in [1.165, 1.54) is 18.4 Å². The fourth-order valence-corrected chi connectivity index (χ4v) is 2.98. The zero-order valence-electron chi connectivity index (χ0n) is 10.8. The van der Waals surface area contributed by atoms with Crippen LogP contribution in [0.1, 0.15) is 56.6 Å². The van der Waals surface area contributed by atoms with Gasteiger partial charge in [-0.2, -0.15) is 0 Å². The van der Waals surface area contributed by atoms with E-state index in [4.69, 9.17) is 5.73 Å². The third kappa shape index (κ3) is 2.23. The summed E-state index contributed by atoms with van der Waals surface area (Å²) in [6, 6.07) is 5.58. The molecule has 2 heteroatoms. The highest BCUT2D eigenvalue weighted by Gasteiger charge is 2.34. The lowest BCUT2D eigenvalue weighted by Gasteiger charge is -2.28. The Hall–Kier alpha value is -0.890. The van der Waals surface area contributed by atoms with Crippen LogP contribution in [-0.4, -0.2) is 6.54 Å². The van der Waals surface area contributed by atoms with Crippen LogP contribution in [0.3, 0.4) is 0 Å². The van der Waals surface area contributed by atoms with E-state index in [2.05, 4.69) is 0 Å². The lowest BCUT2D eigenvalue weighted by atomic mass is 9.78. The molecule has 0 aromatic heterocycles. The molecule has 2 rings (SSSR count). The average Bonchev–Trinajstić information content (AvgIpc) is 2.79. The summed E-state index contributed by atoms with van der Waals surface area (Å²) in [5.74, 6) is 0.139. The Morgan fingerprint density at radius 3 is 2.47 bits per heavy atom. The fourth-order valence-electron chi connectivity index (χ4n) is 2.98. The van der Waals surface area contributed by atoms with Gasteiger partial charge in [0, 0.05) is 12.0 Å². The van der Waals surface area contributed by atoms with Crippen LogP contribution in [0.5, 0.6) is 0 Å². The van der Waals surface area contributed by atoms with Crippen LogP contribution in [0.4, 0.5) is 4.39 Å². The van der Waals surface area contributed by atoms with Crippen molar-refractivity contribution in [3.8, 4) is 0 Å². The van der Waals surface area contributed by atoms with Crippen molar-refractivity contribution < 1.29 is 4.39 Å². The third-order valence-corrected chi connectivity index (χ3v) is 4.18. The first-order chi connectivity index (χ1) is 8.09. The number of hydrogen-bond acceptors (Lipinski definition) is 1. The molecule has 0 spiro atoms. The molecule has 0 atom stereocenters. The highest BCUT2D eigenvalue weighted by atomic mass is 19.1. The van der Waals surface area contributed by atoms with E-state index >= 15 is 0 Å². The molecule has 0 radical (unpaired) electrons. The quantitative estimate of drug-likeness (QED) is 0.849. The molecule has 0 amide bonds. The second-order valence-electron chi connectivity index (χ2n) is 5.58. The Morgan fingerprint density at radius 1 is 1.29 bits per heavy atom. The molecular formula is C15H22FN. The fraction of sp³-hybridized carbons (Fsp3) is 0.600. The maximum atomic E-state index is 13.7. The first-order valence-corrected chi connectivity index (χ1v) is 6.59. The molecule has 0 aliphatic heterocycles. The molecule has 1 aromatic carbocycles. The predicted octanol–water partition coefficient (Wildman–Crippen LogP) is 3.72. The summed E-state index contributed by atoms with van der Waals surface area (Å²) in [6.07, 6.45) is 4.77. The van der Waals surface area contributed by atoms with Gasteiger partial charge >= 0.3 is 0 Å². The van der Waals surface area contributed by atoms with E-state index in [1.807, 2.05) is 26.0 Å². The summed E-state index contributed by atoms with van der Waals surface area (Å²) in [5, 5.41) is 0. The predicted molar refractivity (Wildman–Crippen MR) is 69.7 cm³/mol. The molecule has 17 heavy (non-hydrogen) atoms. The second-order valence-corrected chi connectivity index (χ2v) is 5.58. The van der Waals surface area contributed by atoms with Gasteiger partial charge in [0.15, 0.2) is 0 Å². The van der Waals surface area contributed by atoms with Gasteiger partial charge in [-0.25, -0.2) is 4.39 Å². The van der Waals surface area contributed by atoms with Crippen molar-refractivity contribution in [2.75, 3.05) is 6.54 Å². The summed E-state index contributed by atoms with van der Waals surface area (Å²) in [4.78, 5) is 0. The highest BCUT2D eigenvalue weighted by Crippen LogP contribution is 2.41. The van der Waals surface area contributed by atoms with Gasteiger partial charge in [0.25, 0.3) is 0 Å². The lowest BCUT2D eigenvalue weighted by molar-refractivity contribution is 0.450. The molecule has 0 heterocycles. The lowest BCUT2D eigenvalue weighted by Crippen LogP contribution is -2.32. The Kier molecular flexibility index (Phi) is 3.53. The first kappa shape index (κ1) is 12.6. The average molecular weight is 235 g/mol. The molecule has 1 fully saturated rings. The van der Waals surface area contributed by atoms with Crippen molar-refractivity contribution in [3.63, 3.8) is 0 Å². The van der Waals surface area contributed by atoms with Crippen LogP contribution >= 0.6 is 0 Å². The Labute approximate surface area is 103 Å². The van der Waals surface area contributed by atoms with Gasteiger partial charge in [0.2, 0.25) is 0 Å². The van der Waals surface area contributed by atoms with Gasteiger partial charge < -0.3 is 5.73 Å². The summed E-state index contributed by atoms with van der Waals surface area (Å²) in [5.41, 5.74) is 8.14. The van der Waals surface area contributed by atoms with E-state index in [-0.39, 0.29) is 17.2 Å². The molecule has 1 aliphatic carbocycles. The van der Waals surface area contributed by atoms with Crippen LogP contribution in [-0.2, 0) is 5.41 Å². The third-order valence-electron chi connectivity index (χ3n) is 4.18. The molecule has 0 saturated heterocycles. The molecule has 1 aliphatic rings. The van der Waals surface area contributed by atoms with Crippen molar-refractivity contribution in [3.05, 3.63) is 35.1 Å². The Morgan fingerprint density at radius 2 is 1.94 bits per heavy atom. The number of hydrogen-bond donors (Lipinski definition) is 1. The molecule has 2 N–H and O–H groups in total. The molecular weight excluding hydrogens is 213 g/mol. The minimum atomic E-state index is -0.0890. The van der Waals surface area contributed by atoms with Gasteiger partial charge in [-0.05, 0) is 36.0 Å². The van der Waals surface area contributed by atoms with E-state index in [0.29, 0.717) is 6.54 Å². The molecule has 94 valence electrons. The van der Waals surface area contributed by atoms with Gasteiger partial charge in [-0.3, -0.25) is 0 Å². The summed E-state index contributed by atoms with van der Waals surface area (Å²) in [7, 11) is 0. The number of halogens is 1. The van der Waals surface area contributed by atoms with Crippen molar-refractivity contribution in [1.29, 1.82) is 0 Å². The summed E-state index contributed by atoms with van der Waals surface area (Å²) < 4.78 is 13.7. The normalized spacial score (nSPS) is 18.9. The smallest absolute Gasteiger partial charge is 0.126 e. The zero-order valence-corrected chi connectivity index (χ0v) is 10.8. The van der Waals surface area contributed by atoms with E-state index in [1.54, 1.807) is 6.07 Å². The Balaban J connectivity index is 2.41. The number of rotatable bonds is 3. The summed E-state index contributed by atoms with van der Waals surface area (Å²) >= 11 is 0. The van der Waals surface area contributed by atoms with E-state index in [9.17, 15) is 4.39 Å². The number of nitrogens with two attached hydrogens (primary N) is 1. The standard InChI is InChI=1S/C15H22FN/c1-11(2)13-9-12(5-6-14(13)16)15(10-17)7-3-4-8-15/h5-6,9,11H,3-4,7-8,10,17H2,1-2H3. The highest BCUT2D eigenvalue weighted by molar-refractivity contribution is 5.34. The second kappa shape index (κ2) is 4.77. The maximum absolute atomic E-state index is 13.7. The van der Waals surface area contributed by atoms with Crippen molar-refractivity contribution in [1.82, 2.24) is 0 Å². The van der Waals surface area contributed by atoms with E-state index < -0.39 is 0 Å². The topological polar surface area (TPSA) is 26.0 Å². The van der Waals surface area contributed by atoms with Gasteiger partial charge in [-0.15, -0.1) is 0 Å². The number of benzene rings is 1. The van der Waals surface area contributed by atoms with Gasteiger partial charge in [-0.1, -0.05) is 38.8 Å². The van der Waals surface area contributed by atoms with E-state index in [0.717, 1.165) is 18.4 Å². The van der Waals surface area contributed by atoms with Crippen LogP contribution in [0.15, 0.2) is 18.2 Å². The molecule has 0 unspecified atom stereocenters. The minimum Gasteiger partial charge on any atom is -0.330 e. The molecule has 0 bridgehead atoms. The van der Waals surface area contributed by atoms with Crippen LogP contribution in [0, 0.1) is 5.82 Å². The van der Waals surface area contributed by atoms with Crippen molar-refractivity contribution in [2.45, 2.75) is 50.9 Å². The van der Waals surface area contributed by atoms with Crippen LogP contribution < -0.4 is 5.73 Å². The Bertz CT molecular complexity index is 392. The molecule has 1 nitrogen and oxygen atoms in total. The minimum absolute atomic E-state index is 0.0890. The van der Waals surface area contributed by atoms with Crippen LogP contribution in [0.25, 0.3) is 0 Å². The van der Waals surface area contributed by atoms with Gasteiger partial charge in [0.1, 0.15) is 5.82 Å². The molecule has 1 aromatic rings. The van der Waals surface area contributed by atoms with Gasteiger partial charge in [0.05, 0.1) is 0 Å². The van der Waals surface area contributed by atoms with Crippen LogP contribution in [0.2, 0.25) is 0 Å². The SMILES string of the molecule is CC(C)c1cc(C2(CN)CCCC2)ccc1F.